The number of Topliss-reactive ketones (excluding diaryl/α,β-unsaturated/α-hetero) is 1. The molecule has 2 aromatic rings. The molecule has 0 fully saturated rings. The van der Waals surface area contributed by atoms with Crippen LogP contribution in [0.4, 0.5) is 0 Å². The summed E-state index contributed by atoms with van der Waals surface area (Å²) >= 11 is 3.51. The highest BCUT2D eigenvalue weighted by atomic mass is 32.2. The minimum Gasteiger partial charge on any atom is -0.297 e. The number of hydrogen-bond acceptors (Lipinski definition) is 5. The molecule has 0 bridgehead atoms. The Morgan fingerprint density at radius 1 is 1.43 bits per heavy atom. The summed E-state index contributed by atoms with van der Waals surface area (Å²) in [6.45, 7) is 5.71. The minimum atomic E-state index is -0.445. The molecule has 0 aromatic carbocycles. The predicted molar refractivity (Wildman–Crippen MR) is 88.2 cm³/mol. The van der Waals surface area contributed by atoms with Gasteiger partial charge in [-0.1, -0.05) is 20.8 Å². The zero-order valence-corrected chi connectivity index (χ0v) is 14.1. The number of carbonyl (C=O) groups is 1. The molecule has 0 radical (unpaired) electrons. The van der Waals surface area contributed by atoms with Crippen molar-refractivity contribution in [1.29, 1.82) is 0 Å². The van der Waals surface area contributed by atoms with Gasteiger partial charge in [0.05, 0.1) is 18.3 Å². The summed E-state index contributed by atoms with van der Waals surface area (Å²) in [4.78, 5) is 31.3. The quantitative estimate of drug-likeness (QED) is 0.853. The normalized spacial score (nSPS) is 15.2. The van der Waals surface area contributed by atoms with Crippen LogP contribution in [0.25, 0.3) is 10.2 Å². The van der Waals surface area contributed by atoms with Crippen LogP contribution in [-0.2, 0) is 23.5 Å². The summed E-state index contributed by atoms with van der Waals surface area (Å²) in [5.41, 5.74) is 0.643. The number of aryl methyl sites for hydroxylation is 1. The maximum atomic E-state index is 12.7. The number of fused-ring (bicyclic) bond motifs is 3. The molecule has 112 valence electrons. The lowest BCUT2D eigenvalue weighted by Gasteiger charge is -2.17. The van der Waals surface area contributed by atoms with Crippen LogP contribution in [0, 0.1) is 5.41 Å². The number of ketones is 1. The van der Waals surface area contributed by atoms with Gasteiger partial charge in [-0.05, 0) is 17.7 Å². The topological polar surface area (TPSA) is 52.0 Å². The molecule has 0 unspecified atom stereocenters. The van der Waals surface area contributed by atoms with Crippen LogP contribution in [0.1, 0.15) is 31.2 Å². The molecule has 1 aliphatic rings. The predicted octanol–water partition coefficient (Wildman–Crippen LogP) is 2.86. The van der Waals surface area contributed by atoms with Crippen LogP contribution < -0.4 is 5.56 Å². The standard InChI is InChI=1S/C15H18N2O2S2/c1-15(2,3)11(18)6-17-8-16-13-12(14(17)19)9-4-5-20-7-10(9)21-13/h8H,4-7H2,1-3H3. The monoisotopic (exact) mass is 322 g/mol. The Morgan fingerprint density at radius 3 is 2.90 bits per heavy atom. The van der Waals surface area contributed by atoms with Gasteiger partial charge >= 0.3 is 0 Å². The van der Waals surface area contributed by atoms with Crippen LogP contribution in [0.15, 0.2) is 11.1 Å². The first-order valence-corrected chi connectivity index (χ1v) is 8.96. The third kappa shape index (κ3) is 2.66. The van der Waals surface area contributed by atoms with E-state index in [1.54, 1.807) is 11.3 Å². The first-order valence-electron chi connectivity index (χ1n) is 6.98. The molecule has 21 heavy (non-hydrogen) atoms. The smallest absolute Gasteiger partial charge is 0.262 e. The van der Waals surface area contributed by atoms with Gasteiger partial charge in [-0.3, -0.25) is 14.2 Å². The molecular weight excluding hydrogens is 304 g/mol. The number of carbonyl (C=O) groups excluding carboxylic acids is 1. The third-order valence-corrected chi connectivity index (χ3v) is 6.05. The maximum Gasteiger partial charge on any atom is 0.262 e. The van der Waals surface area contributed by atoms with Crippen LogP contribution >= 0.6 is 23.1 Å². The highest BCUT2D eigenvalue weighted by molar-refractivity contribution is 7.98. The van der Waals surface area contributed by atoms with Gasteiger partial charge in [0.25, 0.3) is 5.56 Å². The van der Waals surface area contributed by atoms with Crippen LogP contribution in [0.3, 0.4) is 0 Å². The fourth-order valence-electron chi connectivity index (χ4n) is 2.35. The van der Waals surface area contributed by atoms with Gasteiger partial charge in [0, 0.05) is 16.0 Å². The summed E-state index contributed by atoms with van der Waals surface area (Å²) in [6, 6.07) is 0. The van der Waals surface area contributed by atoms with E-state index in [1.807, 2.05) is 32.5 Å². The van der Waals surface area contributed by atoms with Gasteiger partial charge in [-0.15, -0.1) is 11.3 Å². The summed E-state index contributed by atoms with van der Waals surface area (Å²) in [5.74, 6) is 2.07. The Labute approximate surface area is 131 Å². The fraction of sp³-hybridized carbons (Fsp3) is 0.533. The van der Waals surface area contributed by atoms with E-state index in [-0.39, 0.29) is 17.9 Å². The van der Waals surface area contributed by atoms with Crippen LogP contribution in [-0.4, -0.2) is 21.1 Å². The molecule has 3 rings (SSSR count). The van der Waals surface area contributed by atoms with Crippen molar-refractivity contribution >= 4 is 39.1 Å². The Bertz CT molecular complexity index is 768. The highest BCUT2D eigenvalue weighted by Gasteiger charge is 2.24. The molecule has 0 atom stereocenters. The lowest BCUT2D eigenvalue weighted by molar-refractivity contribution is -0.126. The van der Waals surface area contributed by atoms with Crippen molar-refractivity contribution in [1.82, 2.24) is 9.55 Å². The van der Waals surface area contributed by atoms with E-state index < -0.39 is 5.41 Å². The van der Waals surface area contributed by atoms with Crippen LogP contribution in [0.2, 0.25) is 0 Å². The Morgan fingerprint density at radius 2 is 2.19 bits per heavy atom. The Kier molecular flexibility index (Phi) is 3.69. The van der Waals surface area contributed by atoms with E-state index in [9.17, 15) is 9.59 Å². The zero-order valence-electron chi connectivity index (χ0n) is 12.4. The minimum absolute atomic E-state index is 0.0467. The van der Waals surface area contributed by atoms with E-state index in [4.69, 9.17) is 0 Å². The Balaban J connectivity index is 2.08. The third-order valence-electron chi connectivity index (χ3n) is 3.74. The molecule has 0 saturated heterocycles. The van der Waals surface area contributed by atoms with Crippen molar-refractivity contribution in [2.75, 3.05) is 5.75 Å². The van der Waals surface area contributed by atoms with Gasteiger partial charge in [0.1, 0.15) is 4.83 Å². The number of nitrogens with zero attached hydrogens (tertiary/aromatic N) is 2. The Hall–Kier alpha value is -1.14. The van der Waals surface area contributed by atoms with Gasteiger partial charge < -0.3 is 0 Å². The molecule has 0 N–H and O–H groups in total. The van der Waals surface area contributed by atoms with Gasteiger partial charge in [-0.2, -0.15) is 11.8 Å². The molecule has 3 heterocycles. The maximum absolute atomic E-state index is 12.7. The molecule has 2 aromatic heterocycles. The first-order chi connectivity index (χ1) is 9.88. The van der Waals surface area contributed by atoms with E-state index in [0.29, 0.717) is 0 Å². The van der Waals surface area contributed by atoms with Crippen molar-refractivity contribution in [3.8, 4) is 0 Å². The largest absolute Gasteiger partial charge is 0.297 e. The lowest BCUT2D eigenvalue weighted by Crippen LogP contribution is -2.31. The van der Waals surface area contributed by atoms with E-state index in [2.05, 4.69) is 4.98 Å². The summed E-state index contributed by atoms with van der Waals surface area (Å²) in [5, 5.41) is 0.736. The molecule has 0 saturated carbocycles. The van der Waals surface area contributed by atoms with Crippen molar-refractivity contribution in [2.24, 2.45) is 5.41 Å². The molecule has 6 heteroatoms. The van der Waals surface area contributed by atoms with Crippen molar-refractivity contribution in [3.63, 3.8) is 0 Å². The molecule has 0 spiro atoms. The van der Waals surface area contributed by atoms with Gasteiger partial charge in [0.15, 0.2) is 5.78 Å². The van der Waals surface area contributed by atoms with Crippen molar-refractivity contribution in [3.05, 3.63) is 27.1 Å². The first kappa shape index (κ1) is 14.8. The van der Waals surface area contributed by atoms with Gasteiger partial charge in [0.2, 0.25) is 0 Å². The van der Waals surface area contributed by atoms with E-state index in [0.717, 1.165) is 33.7 Å². The molecule has 1 aliphatic heterocycles. The number of hydrogen-bond donors (Lipinski definition) is 0. The fourth-order valence-corrected chi connectivity index (χ4v) is 4.66. The summed E-state index contributed by atoms with van der Waals surface area (Å²) < 4.78 is 1.46. The summed E-state index contributed by atoms with van der Waals surface area (Å²) in [6.07, 6.45) is 2.44. The molecule has 0 aliphatic carbocycles. The van der Waals surface area contributed by atoms with E-state index in [1.165, 1.54) is 15.8 Å². The lowest BCUT2D eigenvalue weighted by atomic mass is 9.91. The van der Waals surface area contributed by atoms with Crippen LogP contribution in [0.5, 0.6) is 0 Å². The van der Waals surface area contributed by atoms with Gasteiger partial charge in [-0.25, -0.2) is 4.98 Å². The number of rotatable bonds is 2. The second kappa shape index (κ2) is 5.25. The zero-order chi connectivity index (χ0) is 15.2. The average molecular weight is 322 g/mol. The summed E-state index contributed by atoms with van der Waals surface area (Å²) in [7, 11) is 0. The molecule has 0 amide bonds. The number of thiophene rings is 1. The SMILES string of the molecule is CC(C)(C)C(=O)Cn1cnc2sc3c(c2c1=O)CCSC3. The van der Waals surface area contributed by atoms with Crippen molar-refractivity contribution in [2.45, 2.75) is 39.5 Å². The molecule has 4 nitrogen and oxygen atoms in total. The van der Waals surface area contributed by atoms with Crippen molar-refractivity contribution < 1.29 is 4.79 Å². The molecular formula is C15H18N2O2S2. The second-order valence-electron chi connectivity index (χ2n) is 6.34. The highest BCUT2D eigenvalue weighted by Crippen LogP contribution is 2.35. The number of thioether (sulfide) groups is 1. The average Bonchev–Trinajstić information content (AvgIpc) is 2.79. The second-order valence-corrected chi connectivity index (χ2v) is 8.53. The number of aromatic nitrogens is 2. The van der Waals surface area contributed by atoms with E-state index >= 15 is 0 Å².